The molecule has 142 valence electrons. The van der Waals surface area contributed by atoms with Crippen molar-refractivity contribution in [1.82, 2.24) is 0 Å². The highest BCUT2D eigenvalue weighted by Crippen LogP contribution is 2.44. The van der Waals surface area contributed by atoms with E-state index >= 15 is 0 Å². The van der Waals surface area contributed by atoms with Crippen LogP contribution in [0.1, 0.15) is 15.9 Å². The molecule has 2 aromatic carbocycles. The van der Waals surface area contributed by atoms with Crippen LogP contribution in [0.3, 0.4) is 0 Å². The van der Waals surface area contributed by atoms with Crippen LogP contribution in [0.4, 0.5) is 16.2 Å². The van der Waals surface area contributed by atoms with Crippen molar-refractivity contribution < 1.29 is 23.8 Å². The number of thioether (sulfide) groups is 1. The van der Waals surface area contributed by atoms with E-state index in [1.807, 2.05) is 30.3 Å². The number of hydrogen-bond acceptors (Lipinski definition) is 7. The number of fused-ring (bicyclic) bond motifs is 1. The first-order valence-electron chi connectivity index (χ1n) is 8.31. The molecule has 8 heteroatoms. The molecule has 0 fully saturated rings. The van der Waals surface area contributed by atoms with E-state index in [0.29, 0.717) is 5.69 Å². The molecule has 3 rings (SSSR count). The Morgan fingerprint density at radius 1 is 1.22 bits per heavy atom. The van der Waals surface area contributed by atoms with Crippen molar-refractivity contribution in [2.45, 2.75) is 11.5 Å². The van der Waals surface area contributed by atoms with Gasteiger partial charge in [-0.05, 0) is 11.6 Å². The lowest BCUT2D eigenvalue weighted by Gasteiger charge is -2.23. The molecule has 2 aromatic rings. The van der Waals surface area contributed by atoms with Crippen molar-refractivity contribution in [3.8, 4) is 5.75 Å². The summed E-state index contributed by atoms with van der Waals surface area (Å²) in [4.78, 5) is 25.3. The lowest BCUT2D eigenvalue weighted by Crippen LogP contribution is -2.19. The topological polar surface area (TPSA) is 85.9 Å². The second-order valence-corrected chi connectivity index (χ2v) is 6.77. The molecular weight excluding hydrogens is 368 g/mol. The molecule has 0 bridgehead atoms. The van der Waals surface area contributed by atoms with Gasteiger partial charge in [-0.25, -0.2) is 9.59 Å². The van der Waals surface area contributed by atoms with Crippen LogP contribution in [0.25, 0.3) is 0 Å². The van der Waals surface area contributed by atoms with Crippen LogP contribution < -0.4 is 15.4 Å². The standard InChI is InChI=1S/C19H20N2O5S/c1-24-16-13(21-19(23)26-11-12-6-4-3-5-7-12)10-14-17(27-9-8-20-14)15(16)18(22)25-2/h3-7,10,20H,8-9,11H2,1-2H3,(H,21,23). The van der Waals surface area contributed by atoms with Crippen LogP contribution in [0.2, 0.25) is 0 Å². The predicted molar refractivity (Wildman–Crippen MR) is 104 cm³/mol. The molecule has 1 amide bonds. The summed E-state index contributed by atoms with van der Waals surface area (Å²) < 4.78 is 15.6. The van der Waals surface area contributed by atoms with Crippen LogP contribution in [0.5, 0.6) is 5.75 Å². The van der Waals surface area contributed by atoms with E-state index in [4.69, 9.17) is 14.2 Å². The molecule has 1 heterocycles. The Morgan fingerprint density at radius 3 is 2.70 bits per heavy atom. The summed E-state index contributed by atoms with van der Waals surface area (Å²) in [6.07, 6.45) is -0.642. The summed E-state index contributed by atoms with van der Waals surface area (Å²) in [5.41, 5.74) is 2.24. The predicted octanol–water partition coefficient (Wildman–Crippen LogP) is 3.75. The second-order valence-electron chi connectivity index (χ2n) is 5.66. The third kappa shape index (κ3) is 4.28. The van der Waals surface area contributed by atoms with Crippen molar-refractivity contribution >= 4 is 35.2 Å². The van der Waals surface area contributed by atoms with E-state index in [2.05, 4.69) is 10.6 Å². The number of methoxy groups -OCH3 is 2. The number of hydrogen-bond donors (Lipinski definition) is 2. The molecule has 2 N–H and O–H groups in total. The number of anilines is 2. The highest BCUT2D eigenvalue weighted by atomic mass is 32.2. The van der Waals surface area contributed by atoms with Crippen LogP contribution in [-0.2, 0) is 16.1 Å². The number of carbonyl (C=O) groups excluding carboxylic acids is 2. The van der Waals surface area contributed by atoms with Gasteiger partial charge in [0.05, 0.1) is 25.6 Å². The third-order valence-corrected chi connectivity index (χ3v) is 5.06. The molecule has 1 aliphatic heterocycles. The maximum Gasteiger partial charge on any atom is 0.412 e. The van der Waals surface area contributed by atoms with Crippen molar-refractivity contribution in [3.05, 3.63) is 47.5 Å². The van der Waals surface area contributed by atoms with Gasteiger partial charge in [0.25, 0.3) is 0 Å². The summed E-state index contributed by atoms with van der Waals surface area (Å²) in [5.74, 6) is 0.528. The van der Waals surface area contributed by atoms with Crippen LogP contribution in [-0.4, -0.2) is 38.6 Å². The number of amides is 1. The summed E-state index contributed by atoms with van der Waals surface area (Å²) in [6.45, 7) is 0.889. The van der Waals surface area contributed by atoms with Gasteiger partial charge in [-0.1, -0.05) is 30.3 Å². The Hall–Kier alpha value is -2.87. The highest BCUT2D eigenvalue weighted by Gasteiger charge is 2.27. The average molecular weight is 388 g/mol. The van der Waals surface area contributed by atoms with Crippen molar-refractivity contribution in [3.63, 3.8) is 0 Å². The second kappa shape index (κ2) is 8.68. The quantitative estimate of drug-likeness (QED) is 0.755. The lowest BCUT2D eigenvalue weighted by atomic mass is 10.1. The molecule has 0 spiro atoms. The first-order valence-corrected chi connectivity index (χ1v) is 9.30. The van der Waals surface area contributed by atoms with E-state index in [9.17, 15) is 9.59 Å². The number of esters is 1. The minimum absolute atomic E-state index is 0.137. The zero-order chi connectivity index (χ0) is 19.2. The zero-order valence-electron chi connectivity index (χ0n) is 15.0. The van der Waals surface area contributed by atoms with E-state index < -0.39 is 12.1 Å². The molecule has 0 saturated carbocycles. The van der Waals surface area contributed by atoms with Gasteiger partial charge >= 0.3 is 12.1 Å². The van der Waals surface area contributed by atoms with E-state index in [1.54, 1.807) is 6.07 Å². The Kier molecular flexibility index (Phi) is 6.08. The number of benzene rings is 2. The van der Waals surface area contributed by atoms with Gasteiger partial charge in [0, 0.05) is 17.2 Å². The fourth-order valence-electron chi connectivity index (χ4n) is 2.73. The summed E-state index contributed by atoms with van der Waals surface area (Å²) >= 11 is 1.54. The van der Waals surface area contributed by atoms with Crippen molar-refractivity contribution in [1.29, 1.82) is 0 Å². The third-order valence-electron chi connectivity index (χ3n) is 3.94. The normalized spacial score (nSPS) is 12.4. The number of rotatable bonds is 5. The van der Waals surface area contributed by atoms with E-state index in [1.165, 1.54) is 26.0 Å². The van der Waals surface area contributed by atoms with Gasteiger partial charge in [0.1, 0.15) is 12.2 Å². The Balaban J connectivity index is 1.85. The first kappa shape index (κ1) is 18.9. The Morgan fingerprint density at radius 2 is 2.00 bits per heavy atom. The first-order chi connectivity index (χ1) is 13.1. The zero-order valence-corrected chi connectivity index (χ0v) is 15.9. The molecule has 0 radical (unpaired) electrons. The fourth-order valence-corrected chi connectivity index (χ4v) is 3.74. The minimum atomic E-state index is -0.642. The average Bonchev–Trinajstić information content (AvgIpc) is 2.71. The minimum Gasteiger partial charge on any atom is -0.494 e. The van der Waals surface area contributed by atoms with Gasteiger partial charge in [-0.2, -0.15) is 0 Å². The van der Waals surface area contributed by atoms with Crippen LogP contribution >= 0.6 is 11.8 Å². The fraction of sp³-hybridized carbons (Fsp3) is 0.263. The molecule has 0 aromatic heterocycles. The summed E-state index contributed by atoms with van der Waals surface area (Å²) in [5, 5.41) is 5.89. The van der Waals surface area contributed by atoms with Gasteiger partial charge in [-0.15, -0.1) is 11.8 Å². The molecule has 0 atom stereocenters. The number of carbonyl (C=O) groups is 2. The van der Waals surface area contributed by atoms with Crippen molar-refractivity contribution in [2.75, 3.05) is 37.2 Å². The molecule has 7 nitrogen and oxygen atoms in total. The Labute approximate surface area is 161 Å². The summed E-state index contributed by atoms with van der Waals surface area (Å²) in [6, 6.07) is 11.1. The summed E-state index contributed by atoms with van der Waals surface area (Å²) in [7, 11) is 2.75. The molecule has 1 aliphatic rings. The maximum atomic E-state index is 12.3. The molecule has 0 saturated heterocycles. The molecule has 0 aliphatic carbocycles. The van der Waals surface area contributed by atoms with Crippen LogP contribution in [0, 0.1) is 0 Å². The monoisotopic (exact) mass is 388 g/mol. The smallest absolute Gasteiger partial charge is 0.412 e. The van der Waals surface area contributed by atoms with Gasteiger partial charge < -0.3 is 19.5 Å². The highest BCUT2D eigenvalue weighted by molar-refractivity contribution is 7.99. The van der Waals surface area contributed by atoms with Crippen molar-refractivity contribution in [2.24, 2.45) is 0 Å². The molecular formula is C19H20N2O5S. The largest absolute Gasteiger partial charge is 0.494 e. The SMILES string of the molecule is COC(=O)c1c(OC)c(NC(=O)OCc2ccccc2)cc2c1SCCN2. The van der Waals surface area contributed by atoms with E-state index in [-0.39, 0.29) is 17.9 Å². The van der Waals surface area contributed by atoms with Gasteiger partial charge in [-0.3, -0.25) is 5.32 Å². The van der Waals surface area contributed by atoms with Gasteiger partial charge in [0.2, 0.25) is 0 Å². The molecule has 27 heavy (non-hydrogen) atoms. The lowest BCUT2D eigenvalue weighted by molar-refractivity contribution is 0.0593. The number of ether oxygens (including phenoxy) is 3. The Bertz CT molecular complexity index is 842. The van der Waals surface area contributed by atoms with Crippen LogP contribution in [0.15, 0.2) is 41.3 Å². The van der Waals surface area contributed by atoms with E-state index in [0.717, 1.165) is 28.4 Å². The number of nitrogens with one attached hydrogen (secondary N) is 2. The van der Waals surface area contributed by atoms with Gasteiger partial charge in [0.15, 0.2) is 5.75 Å². The maximum absolute atomic E-state index is 12.3. The molecule has 0 unspecified atom stereocenters.